The first-order chi connectivity index (χ1) is 20.8. The number of benzene rings is 3. The second-order valence-corrected chi connectivity index (χ2v) is 10.3. The number of aromatic amines is 2. The molecule has 0 spiro atoms. The summed E-state index contributed by atoms with van der Waals surface area (Å²) in [6.45, 7) is 0. The zero-order chi connectivity index (χ0) is 30.9. The molecule has 2 atom stereocenters. The summed E-state index contributed by atoms with van der Waals surface area (Å²) in [5, 5.41) is 4.23. The Hall–Kier alpha value is -3.95. The Morgan fingerprint density at radius 1 is 0.733 bits per heavy atom. The molecule has 13 nitrogen and oxygen atoms in total. The van der Waals surface area contributed by atoms with Gasteiger partial charge in [0.15, 0.2) is 0 Å². The predicted octanol–water partition coefficient (Wildman–Crippen LogP) is 5.87. The first-order valence-electron chi connectivity index (χ1n) is 12.1. The first kappa shape index (κ1) is 37.2. The van der Waals surface area contributed by atoms with E-state index in [0.717, 1.165) is 69.4 Å². The molecule has 2 radical (unpaired) electrons. The van der Waals surface area contributed by atoms with Crippen LogP contribution in [0.5, 0.6) is 0 Å². The maximum atomic E-state index is 10.6. The molecule has 0 saturated heterocycles. The Bertz CT molecular complexity index is 1870. The minimum Gasteiger partial charge on any atom is -0.632 e. The zero-order valence-electron chi connectivity index (χ0n) is 23.4. The number of H-pyrrole nitrogens is 2. The van der Waals surface area contributed by atoms with Crippen molar-refractivity contribution in [1.82, 2.24) is 19.9 Å². The number of carbonyl (C=O) groups excluding carboxylic acids is 4. The number of amides is 2. The van der Waals surface area contributed by atoms with E-state index in [1.54, 1.807) is 12.4 Å². The minimum absolute atomic E-state index is 0. The first-order valence-corrected chi connectivity index (χ1v) is 14.1. The molecule has 0 saturated carbocycles. The minimum atomic E-state index is -0.995. The Labute approximate surface area is 283 Å². The fourth-order valence-electron chi connectivity index (χ4n) is 4.01. The summed E-state index contributed by atoms with van der Waals surface area (Å²) in [6.07, 6.45) is 1.46. The van der Waals surface area contributed by atoms with E-state index in [4.69, 9.17) is 15.9 Å². The zero-order valence-corrected chi connectivity index (χ0v) is 28.2. The van der Waals surface area contributed by atoms with E-state index >= 15 is 0 Å². The van der Waals surface area contributed by atoms with Crippen LogP contribution in [0, 0.1) is 0 Å². The van der Waals surface area contributed by atoms with Crippen LogP contribution in [-0.4, -0.2) is 58.4 Å². The number of carbonyl (C=O) groups is 2. The molecule has 226 valence electrons. The van der Waals surface area contributed by atoms with E-state index < -0.39 is 12.2 Å². The number of imidazole rings is 2. The largest absolute Gasteiger partial charge is 2.00 e. The van der Waals surface area contributed by atoms with Crippen molar-refractivity contribution >= 4 is 85.2 Å². The molecule has 4 N–H and O–H groups in total. The molecule has 45 heavy (non-hydrogen) atoms. The van der Waals surface area contributed by atoms with Crippen LogP contribution in [0.1, 0.15) is 0 Å². The van der Waals surface area contributed by atoms with E-state index in [1.807, 2.05) is 42.4 Å². The van der Waals surface area contributed by atoms with E-state index in [9.17, 15) is 19.2 Å². The van der Waals surface area contributed by atoms with Gasteiger partial charge in [0.1, 0.15) is 11.2 Å². The van der Waals surface area contributed by atoms with Crippen LogP contribution in [0.2, 0.25) is 0 Å². The van der Waals surface area contributed by atoms with Gasteiger partial charge >= 0.3 is 37.1 Å². The second kappa shape index (κ2) is 17.5. The fraction of sp³-hybridized carbons (Fsp3) is 0.0714. The van der Waals surface area contributed by atoms with E-state index in [1.165, 1.54) is 0 Å². The Balaban J connectivity index is 0.000000516. The SMILES string of the molecule is COC([NH-])=O.COC([NH-])=O.O=[C-]Pc1ncc(-c2ccc3cc4c(cc3c2)oc2cc(-c3cnc(P[C-]=O)[nH]3)ccc24)[nH]1.[V+2].[V+2]. The molecule has 0 fully saturated rings. The molecule has 0 bridgehead atoms. The number of hydrogen-bond acceptors (Lipinski definition) is 9. The third kappa shape index (κ3) is 9.52. The smallest absolute Gasteiger partial charge is 0.632 e. The van der Waals surface area contributed by atoms with Gasteiger partial charge in [-0.3, -0.25) is 9.59 Å². The maximum absolute atomic E-state index is 10.6. The summed E-state index contributed by atoms with van der Waals surface area (Å²) in [5.74, 6) is 0. The van der Waals surface area contributed by atoms with Crippen molar-refractivity contribution in [2.75, 3.05) is 14.2 Å². The third-order valence-electron chi connectivity index (χ3n) is 5.91. The van der Waals surface area contributed by atoms with Crippen molar-refractivity contribution in [1.29, 1.82) is 0 Å². The number of methoxy groups -OCH3 is 2. The average molecular weight is 718 g/mol. The van der Waals surface area contributed by atoms with Gasteiger partial charge in [-0.1, -0.05) is 18.2 Å². The number of nitrogens with one attached hydrogen (secondary N) is 4. The van der Waals surface area contributed by atoms with Crippen molar-refractivity contribution in [2.24, 2.45) is 0 Å². The van der Waals surface area contributed by atoms with Gasteiger partial charge in [-0.25, -0.2) is 22.0 Å². The van der Waals surface area contributed by atoms with Gasteiger partial charge in [0, 0.05) is 21.9 Å². The topological polar surface area (TPSA) is 205 Å². The van der Waals surface area contributed by atoms with Gasteiger partial charge in [-0.05, 0) is 41.1 Å². The molecule has 6 aromatic rings. The summed E-state index contributed by atoms with van der Waals surface area (Å²) < 4.78 is 13.8. The molecule has 2 unspecified atom stereocenters. The van der Waals surface area contributed by atoms with Gasteiger partial charge in [-0.15, -0.1) is 0 Å². The van der Waals surface area contributed by atoms with E-state index in [2.05, 4.69) is 47.6 Å². The molecule has 3 aromatic heterocycles. The summed E-state index contributed by atoms with van der Waals surface area (Å²) >= 11 is 0. The number of ether oxygens (including phenoxy) is 2. The Morgan fingerprint density at radius 3 is 1.73 bits per heavy atom. The van der Waals surface area contributed by atoms with Crippen LogP contribution in [0.15, 0.2) is 65.3 Å². The van der Waals surface area contributed by atoms with Crippen LogP contribution in [0.4, 0.5) is 9.59 Å². The molecule has 17 heteroatoms. The summed E-state index contributed by atoms with van der Waals surface area (Å²) in [5.41, 5.74) is 18.4. The molecule has 6 rings (SSSR count). The van der Waals surface area contributed by atoms with Crippen LogP contribution in [-0.2, 0) is 56.2 Å². The van der Waals surface area contributed by atoms with Gasteiger partial charge in [0.05, 0.1) is 49.1 Å². The van der Waals surface area contributed by atoms with Crippen LogP contribution in [0.25, 0.3) is 66.7 Å². The fourth-order valence-corrected chi connectivity index (χ4v) is 4.86. The maximum Gasteiger partial charge on any atom is 2.00 e. The third-order valence-corrected chi connectivity index (χ3v) is 7.10. The second-order valence-electron chi connectivity index (χ2n) is 8.45. The van der Waals surface area contributed by atoms with E-state index in [0.29, 0.717) is 11.1 Å². The molecule has 0 aliphatic rings. The number of rotatable bonds is 6. The molecule has 3 aromatic carbocycles. The number of aromatic nitrogens is 4. The van der Waals surface area contributed by atoms with Gasteiger partial charge < -0.3 is 44.9 Å². The molecule has 3 heterocycles. The number of fused-ring (bicyclic) bond motifs is 4. The number of hydrogen-bond donors (Lipinski definition) is 2. The van der Waals surface area contributed by atoms with Crippen LogP contribution < -0.4 is 11.1 Å². The van der Waals surface area contributed by atoms with Crippen molar-refractivity contribution < 1.29 is 70.2 Å². The number of furan rings is 1. The van der Waals surface area contributed by atoms with Gasteiger partial charge in [0.25, 0.3) is 0 Å². The Morgan fingerprint density at radius 2 is 1.22 bits per heavy atom. The monoisotopic (exact) mass is 718 g/mol. The van der Waals surface area contributed by atoms with Gasteiger partial charge in [0.2, 0.25) is 12.2 Å². The molecular weight excluding hydrogens is 696 g/mol. The Kier molecular flexibility index (Phi) is 14.5. The normalized spacial score (nSPS) is 10.4. The van der Waals surface area contributed by atoms with Crippen LogP contribution in [0.3, 0.4) is 0 Å². The average Bonchev–Trinajstić information content (AvgIpc) is 3.75. The van der Waals surface area contributed by atoms with Crippen molar-refractivity contribution in [3.05, 3.63) is 72.4 Å². The molecule has 0 aliphatic heterocycles. The standard InChI is InChI=1S/C24H14N4O3P2.2C2H5NO2.2V/c29-11-32-23-25-9-19(27-23)14-2-1-13-6-18-17-4-3-15(20-10-26-24(28-20)33-12-30)7-21(17)31-22(18)8-16(13)5-14;2*1-5-2(3)4;;/h1-10,32-33H,(H,25,27)(H,26,28);2*1H3,(H2,3,4);;/q-2;;;2*+2/p-2. The molecular formula is C28H22N6O7P2V2. The van der Waals surface area contributed by atoms with Crippen molar-refractivity contribution in [3.63, 3.8) is 0 Å². The van der Waals surface area contributed by atoms with Crippen molar-refractivity contribution in [3.8, 4) is 22.5 Å². The summed E-state index contributed by atoms with van der Waals surface area (Å²) in [4.78, 5) is 54.5. The van der Waals surface area contributed by atoms with E-state index in [-0.39, 0.29) is 54.3 Å². The van der Waals surface area contributed by atoms with Crippen LogP contribution >= 0.6 is 17.2 Å². The molecule has 2 amide bonds. The number of nitrogens with zero attached hydrogens (tertiary/aromatic N) is 2. The summed E-state index contributed by atoms with van der Waals surface area (Å²) in [6, 6.07) is 20.2. The van der Waals surface area contributed by atoms with Crippen molar-refractivity contribution in [2.45, 2.75) is 0 Å². The van der Waals surface area contributed by atoms with Gasteiger partial charge in [-0.2, -0.15) is 17.2 Å². The predicted molar refractivity (Wildman–Crippen MR) is 167 cm³/mol. The quantitative estimate of drug-likeness (QED) is 0.156. The molecule has 0 aliphatic carbocycles. The summed E-state index contributed by atoms with van der Waals surface area (Å²) in [7, 11) is 2.11.